The molecule has 0 saturated heterocycles. The van der Waals surface area contributed by atoms with Crippen molar-refractivity contribution in [3.63, 3.8) is 0 Å². The standard InChI is InChI=1S/C21H28N4/c1-7-9-16-10-11-18-20(21(16,5)12-15(3)4)23-19(8-2)25(18)17-13-22-24(6)14-17/h7-8,13-14,16H,1-3,9-12H2,4-6H3. The summed E-state index contributed by atoms with van der Waals surface area (Å²) in [4.78, 5) is 5.03. The lowest BCUT2D eigenvalue weighted by Gasteiger charge is -2.41. The van der Waals surface area contributed by atoms with Gasteiger partial charge < -0.3 is 0 Å². The fourth-order valence-corrected chi connectivity index (χ4v) is 4.37. The zero-order valence-corrected chi connectivity index (χ0v) is 15.6. The maximum Gasteiger partial charge on any atom is 0.137 e. The van der Waals surface area contributed by atoms with Gasteiger partial charge in [0.2, 0.25) is 0 Å². The Morgan fingerprint density at radius 3 is 2.76 bits per heavy atom. The fourth-order valence-electron chi connectivity index (χ4n) is 4.37. The second-order valence-corrected chi connectivity index (χ2v) is 7.49. The van der Waals surface area contributed by atoms with Crippen molar-refractivity contribution < 1.29 is 0 Å². The summed E-state index contributed by atoms with van der Waals surface area (Å²) in [7, 11) is 1.94. The van der Waals surface area contributed by atoms with Crippen molar-refractivity contribution in [2.45, 2.75) is 44.9 Å². The molecular weight excluding hydrogens is 308 g/mol. The van der Waals surface area contributed by atoms with E-state index < -0.39 is 0 Å². The molecule has 0 saturated carbocycles. The second kappa shape index (κ2) is 6.51. The van der Waals surface area contributed by atoms with E-state index in [1.54, 1.807) is 0 Å². The van der Waals surface area contributed by atoms with Gasteiger partial charge in [-0.15, -0.1) is 13.2 Å². The van der Waals surface area contributed by atoms with Gasteiger partial charge >= 0.3 is 0 Å². The Morgan fingerprint density at radius 1 is 1.44 bits per heavy atom. The van der Waals surface area contributed by atoms with Crippen molar-refractivity contribution in [2.24, 2.45) is 13.0 Å². The topological polar surface area (TPSA) is 35.6 Å². The molecule has 0 fully saturated rings. The zero-order chi connectivity index (χ0) is 18.2. The van der Waals surface area contributed by atoms with Gasteiger partial charge in [0.1, 0.15) is 5.82 Å². The highest BCUT2D eigenvalue weighted by atomic mass is 15.3. The SMILES string of the molecule is C=CCC1CCc2c(nc(C=C)n2-c2cnn(C)c2)C1(C)CC(=C)C. The van der Waals surface area contributed by atoms with E-state index in [2.05, 4.69) is 43.3 Å². The van der Waals surface area contributed by atoms with E-state index in [1.807, 2.05) is 36.3 Å². The lowest BCUT2D eigenvalue weighted by atomic mass is 9.64. The van der Waals surface area contributed by atoms with Crippen LogP contribution in [-0.2, 0) is 18.9 Å². The molecule has 0 radical (unpaired) electrons. The zero-order valence-electron chi connectivity index (χ0n) is 15.6. The molecule has 3 rings (SSSR count). The summed E-state index contributed by atoms with van der Waals surface area (Å²) in [6.45, 7) is 16.6. The molecule has 4 heteroatoms. The second-order valence-electron chi connectivity index (χ2n) is 7.49. The number of allylic oxidation sites excluding steroid dienone is 2. The minimum atomic E-state index is -0.0289. The molecule has 2 unspecified atom stereocenters. The molecule has 132 valence electrons. The lowest BCUT2D eigenvalue weighted by molar-refractivity contribution is 0.246. The molecule has 2 atom stereocenters. The largest absolute Gasteiger partial charge is 0.294 e. The average molecular weight is 336 g/mol. The van der Waals surface area contributed by atoms with Crippen LogP contribution in [0.3, 0.4) is 0 Å². The normalized spacial score (nSPS) is 22.4. The summed E-state index contributed by atoms with van der Waals surface area (Å²) < 4.78 is 4.04. The highest BCUT2D eigenvalue weighted by Gasteiger charge is 2.43. The fraction of sp³-hybridized carbons (Fsp3) is 0.429. The van der Waals surface area contributed by atoms with Crippen LogP contribution in [0.2, 0.25) is 0 Å². The Kier molecular flexibility index (Phi) is 4.55. The number of aromatic nitrogens is 4. The molecule has 0 aromatic carbocycles. The van der Waals surface area contributed by atoms with Crippen molar-refractivity contribution in [1.82, 2.24) is 19.3 Å². The van der Waals surface area contributed by atoms with E-state index in [0.717, 1.165) is 37.2 Å². The van der Waals surface area contributed by atoms with Crippen LogP contribution in [0.1, 0.15) is 50.3 Å². The van der Waals surface area contributed by atoms with Gasteiger partial charge in [0.05, 0.1) is 17.6 Å². The highest BCUT2D eigenvalue weighted by Crippen LogP contribution is 2.47. The van der Waals surface area contributed by atoms with Crippen LogP contribution < -0.4 is 0 Å². The summed E-state index contributed by atoms with van der Waals surface area (Å²) in [5.41, 5.74) is 4.68. The van der Waals surface area contributed by atoms with Gasteiger partial charge in [-0.3, -0.25) is 9.25 Å². The van der Waals surface area contributed by atoms with Crippen molar-refractivity contribution in [3.05, 3.63) is 61.0 Å². The molecule has 2 heterocycles. The van der Waals surface area contributed by atoms with E-state index in [0.29, 0.717) is 5.92 Å². The summed E-state index contributed by atoms with van der Waals surface area (Å²) in [5, 5.41) is 4.33. The first-order chi connectivity index (χ1) is 11.9. The first-order valence-corrected chi connectivity index (χ1v) is 8.89. The molecule has 1 aliphatic carbocycles. The van der Waals surface area contributed by atoms with E-state index in [1.165, 1.54) is 17.0 Å². The van der Waals surface area contributed by atoms with E-state index >= 15 is 0 Å². The van der Waals surface area contributed by atoms with Crippen LogP contribution in [0.5, 0.6) is 0 Å². The highest BCUT2D eigenvalue weighted by molar-refractivity contribution is 5.49. The molecule has 0 N–H and O–H groups in total. The first kappa shape index (κ1) is 17.5. The van der Waals surface area contributed by atoms with Gasteiger partial charge in [-0.05, 0) is 44.6 Å². The Hall–Kier alpha value is -2.36. The van der Waals surface area contributed by atoms with E-state index in [-0.39, 0.29) is 5.41 Å². The van der Waals surface area contributed by atoms with Crippen molar-refractivity contribution in [2.75, 3.05) is 0 Å². The quantitative estimate of drug-likeness (QED) is 0.722. The predicted octanol–water partition coefficient (Wildman–Crippen LogP) is 4.61. The number of fused-ring (bicyclic) bond motifs is 1. The molecule has 0 spiro atoms. The van der Waals surface area contributed by atoms with Crippen molar-refractivity contribution >= 4 is 6.08 Å². The number of aryl methyl sites for hydroxylation is 1. The van der Waals surface area contributed by atoms with Crippen molar-refractivity contribution in [3.8, 4) is 5.69 Å². The monoisotopic (exact) mass is 336 g/mol. The molecule has 0 amide bonds. The molecule has 2 aromatic heterocycles. The lowest BCUT2D eigenvalue weighted by Crippen LogP contribution is -2.37. The van der Waals surface area contributed by atoms with Gasteiger partial charge in [0.25, 0.3) is 0 Å². The third-order valence-corrected chi connectivity index (χ3v) is 5.42. The van der Waals surface area contributed by atoms with Crippen LogP contribution in [0.15, 0.2) is 43.8 Å². The average Bonchev–Trinajstić information content (AvgIpc) is 3.13. The van der Waals surface area contributed by atoms with Crippen LogP contribution in [-0.4, -0.2) is 19.3 Å². The molecule has 25 heavy (non-hydrogen) atoms. The van der Waals surface area contributed by atoms with Gasteiger partial charge in [0.15, 0.2) is 0 Å². The number of imidazole rings is 1. The Morgan fingerprint density at radius 2 is 2.20 bits per heavy atom. The van der Waals surface area contributed by atoms with E-state index in [9.17, 15) is 0 Å². The number of nitrogens with zero attached hydrogens (tertiary/aromatic N) is 4. The molecule has 4 nitrogen and oxygen atoms in total. The molecular formula is C21H28N4. The van der Waals surface area contributed by atoms with Crippen LogP contribution in [0, 0.1) is 5.92 Å². The summed E-state index contributed by atoms with van der Waals surface area (Å²) in [6, 6.07) is 0. The number of hydrogen-bond donors (Lipinski definition) is 0. The minimum absolute atomic E-state index is 0.0289. The smallest absolute Gasteiger partial charge is 0.137 e. The van der Waals surface area contributed by atoms with Gasteiger partial charge in [-0.25, -0.2) is 4.98 Å². The maximum atomic E-state index is 5.03. The minimum Gasteiger partial charge on any atom is -0.294 e. The molecule has 2 aromatic rings. The third-order valence-electron chi connectivity index (χ3n) is 5.42. The van der Waals surface area contributed by atoms with E-state index in [4.69, 9.17) is 4.98 Å². The van der Waals surface area contributed by atoms with Crippen LogP contribution in [0.25, 0.3) is 11.8 Å². The predicted molar refractivity (Wildman–Crippen MR) is 104 cm³/mol. The number of rotatable bonds is 6. The Balaban J connectivity index is 2.20. The number of hydrogen-bond acceptors (Lipinski definition) is 2. The van der Waals surface area contributed by atoms with Gasteiger partial charge in [-0.2, -0.15) is 5.10 Å². The summed E-state index contributed by atoms with van der Waals surface area (Å²) in [5.74, 6) is 1.43. The molecule has 1 aliphatic rings. The molecule has 0 aliphatic heterocycles. The Labute approximate surface area is 150 Å². The maximum absolute atomic E-state index is 5.03. The Bertz CT molecular complexity index is 823. The van der Waals surface area contributed by atoms with Gasteiger partial charge in [-0.1, -0.05) is 25.2 Å². The van der Waals surface area contributed by atoms with Gasteiger partial charge in [0, 0.05) is 24.4 Å². The summed E-state index contributed by atoms with van der Waals surface area (Å²) in [6.07, 6.45) is 11.9. The van der Waals surface area contributed by atoms with Crippen molar-refractivity contribution in [1.29, 1.82) is 0 Å². The molecule has 0 bridgehead atoms. The van der Waals surface area contributed by atoms with Crippen LogP contribution >= 0.6 is 0 Å². The summed E-state index contributed by atoms with van der Waals surface area (Å²) >= 11 is 0. The van der Waals surface area contributed by atoms with Crippen LogP contribution in [0.4, 0.5) is 0 Å². The third kappa shape index (κ3) is 2.90. The first-order valence-electron chi connectivity index (χ1n) is 8.89.